The van der Waals surface area contributed by atoms with Crippen molar-refractivity contribution in [3.63, 3.8) is 0 Å². The fourth-order valence-corrected chi connectivity index (χ4v) is 3.41. The minimum absolute atomic E-state index is 0.249. The summed E-state index contributed by atoms with van der Waals surface area (Å²) in [6.45, 7) is 6.62. The molecule has 1 aromatic heterocycles. The number of aryl methyl sites for hydroxylation is 1. The van der Waals surface area contributed by atoms with Crippen LogP contribution in [0.1, 0.15) is 123 Å². The summed E-state index contributed by atoms with van der Waals surface area (Å²) in [5.41, 5.74) is 0. The first-order valence-electron chi connectivity index (χ1n) is 11.7. The summed E-state index contributed by atoms with van der Waals surface area (Å²) >= 11 is 0. The van der Waals surface area contributed by atoms with Crippen molar-refractivity contribution >= 4 is 5.97 Å². The molecule has 0 aliphatic carbocycles. The van der Waals surface area contributed by atoms with Crippen LogP contribution in [0.5, 0.6) is 0 Å². The zero-order valence-corrected chi connectivity index (χ0v) is 18.5. The summed E-state index contributed by atoms with van der Waals surface area (Å²) in [4.78, 5) is 13.7. The van der Waals surface area contributed by atoms with E-state index in [2.05, 4.69) is 29.3 Å². The largest absolute Gasteiger partial charge is 0.464 e. The van der Waals surface area contributed by atoms with Gasteiger partial charge in [0.2, 0.25) is 0 Å². The van der Waals surface area contributed by atoms with E-state index in [1.807, 2.05) is 6.92 Å². The smallest absolute Gasteiger partial charge is 0.332 e. The number of carbonyl (C=O) groups is 1. The molecule has 0 aromatic carbocycles. The van der Waals surface area contributed by atoms with E-state index in [-0.39, 0.29) is 5.97 Å². The van der Waals surface area contributed by atoms with Gasteiger partial charge in [-0.3, -0.25) is 0 Å². The third-order valence-corrected chi connectivity index (χ3v) is 5.14. The van der Waals surface area contributed by atoms with Gasteiger partial charge in [0.1, 0.15) is 0 Å². The van der Waals surface area contributed by atoms with E-state index in [1.54, 1.807) is 0 Å². The van der Waals surface area contributed by atoms with Gasteiger partial charge in [0.25, 0.3) is 0 Å². The lowest BCUT2D eigenvalue weighted by Gasteiger charge is -2.13. The fourth-order valence-electron chi connectivity index (χ4n) is 3.41. The second kappa shape index (κ2) is 16.5. The summed E-state index contributed by atoms with van der Waals surface area (Å²) in [5.74, 6) is 0.492. The molecule has 0 amide bonds. The van der Waals surface area contributed by atoms with Crippen LogP contribution in [-0.4, -0.2) is 32.8 Å². The van der Waals surface area contributed by atoms with Gasteiger partial charge in [-0.2, -0.15) is 0 Å². The highest BCUT2D eigenvalue weighted by atomic mass is 16.5. The summed E-state index contributed by atoms with van der Waals surface area (Å²) in [5, 5.41) is 12.8. The van der Waals surface area contributed by atoms with Crippen molar-refractivity contribution in [2.45, 2.75) is 123 Å². The van der Waals surface area contributed by atoms with Gasteiger partial charge in [0, 0.05) is 6.42 Å². The minimum Gasteiger partial charge on any atom is -0.464 e. The normalized spacial score (nSPS) is 12.2. The lowest BCUT2D eigenvalue weighted by atomic mass is 10.1. The molecule has 6 nitrogen and oxygen atoms in total. The highest BCUT2D eigenvalue weighted by molar-refractivity contribution is 5.73. The van der Waals surface area contributed by atoms with Crippen molar-refractivity contribution in [1.29, 1.82) is 0 Å². The van der Waals surface area contributed by atoms with Gasteiger partial charge >= 0.3 is 5.97 Å². The van der Waals surface area contributed by atoms with Gasteiger partial charge in [-0.25, -0.2) is 4.79 Å². The van der Waals surface area contributed by atoms with Gasteiger partial charge in [0.05, 0.1) is 6.61 Å². The number of ether oxygens (including phenoxy) is 1. The molecule has 0 aliphatic rings. The quantitative estimate of drug-likeness (QED) is 0.232. The molecule has 0 fully saturated rings. The van der Waals surface area contributed by atoms with Crippen LogP contribution in [-0.2, 0) is 16.0 Å². The maximum absolute atomic E-state index is 12.2. The molecule has 1 rings (SSSR count). The molecule has 28 heavy (non-hydrogen) atoms. The molecule has 162 valence electrons. The first-order chi connectivity index (χ1) is 13.7. The SMILES string of the molecule is CCCCCCCCCCCCc1nnn(C(CCCCC)C(=O)OCC)n1. The van der Waals surface area contributed by atoms with Gasteiger partial charge < -0.3 is 4.74 Å². The Labute approximate surface area is 171 Å². The van der Waals surface area contributed by atoms with Crippen LogP contribution in [0.3, 0.4) is 0 Å². The standard InChI is InChI=1S/C22H42N4O2/c1-4-7-9-10-11-12-13-14-15-17-19-21-23-25-26(24-21)20(18-16-8-5-2)22(27)28-6-3/h20H,4-19H2,1-3H3. The molecule has 0 N–H and O–H groups in total. The number of esters is 1. The zero-order chi connectivity index (χ0) is 20.5. The molecule has 6 heteroatoms. The molecule has 0 saturated carbocycles. The Kier molecular flexibility index (Phi) is 14.5. The number of carbonyl (C=O) groups excluding carboxylic acids is 1. The molecule has 1 aromatic rings. The van der Waals surface area contributed by atoms with Crippen LogP contribution in [0.15, 0.2) is 0 Å². The van der Waals surface area contributed by atoms with E-state index in [9.17, 15) is 4.79 Å². The highest BCUT2D eigenvalue weighted by Gasteiger charge is 2.24. The van der Waals surface area contributed by atoms with Crippen LogP contribution in [0.25, 0.3) is 0 Å². The molecule has 1 atom stereocenters. The second-order valence-electron chi connectivity index (χ2n) is 7.72. The molecule has 0 saturated heterocycles. The fraction of sp³-hybridized carbons (Fsp3) is 0.909. The summed E-state index contributed by atoms with van der Waals surface area (Å²) < 4.78 is 5.20. The first-order valence-corrected chi connectivity index (χ1v) is 11.7. The maximum atomic E-state index is 12.2. The van der Waals surface area contributed by atoms with Crippen LogP contribution in [0.2, 0.25) is 0 Å². The van der Waals surface area contributed by atoms with E-state index >= 15 is 0 Å². The minimum atomic E-state index is -0.444. The predicted molar refractivity (Wildman–Crippen MR) is 113 cm³/mol. The van der Waals surface area contributed by atoms with Crippen molar-refractivity contribution in [2.75, 3.05) is 6.61 Å². The lowest BCUT2D eigenvalue weighted by Crippen LogP contribution is -2.24. The van der Waals surface area contributed by atoms with Crippen molar-refractivity contribution in [3.8, 4) is 0 Å². The Hall–Kier alpha value is -1.46. The molecule has 0 aliphatic heterocycles. The van der Waals surface area contributed by atoms with Gasteiger partial charge in [-0.15, -0.1) is 15.0 Å². The number of unbranched alkanes of at least 4 members (excludes halogenated alkanes) is 11. The average molecular weight is 395 g/mol. The zero-order valence-electron chi connectivity index (χ0n) is 18.5. The summed E-state index contributed by atoms with van der Waals surface area (Å²) in [7, 11) is 0. The van der Waals surface area contributed by atoms with Crippen molar-refractivity contribution in [3.05, 3.63) is 5.82 Å². The Morgan fingerprint density at radius 3 is 2.04 bits per heavy atom. The van der Waals surface area contributed by atoms with Gasteiger partial charge in [0.15, 0.2) is 11.9 Å². The number of nitrogens with zero attached hydrogens (tertiary/aromatic N) is 4. The third-order valence-electron chi connectivity index (χ3n) is 5.14. The van der Waals surface area contributed by atoms with E-state index in [0.29, 0.717) is 13.0 Å². The van der Waals surface area contributed by atoms with E-state index in [1.165, 1.54) is 62.6 Å². The first kappa shape index (κ1) is 24.6. The summed E-state index contributed by atoms with van der Waals surface area (Å²) in [6, 6.07) is -0.444. The molecule has 0 bridgehead atoms. The van der Waals surface area contributed by atoms with Gasteiger partial charge in [-0.1, -0.05) is 90.9 Å². The molecular formula is C22H42N4O2. The van der Waals surface area contributed by atoms with Crippen molar-refractivity contribution in [1.82, 2.24) is 20.2 Å². The number of hydrogen-bond acceptors (Lipinski definition) is 5. The van der Waals surface area contributed by atoms with Crippen LogP contribution in [0, 0.1) is 0 Å². The molecule has 1 heterocycles. The Bertz CT molecular complexity index is 504. The number of aromatic nitrogens is 4. The third kappa shape index (κ3) is 10.8. The van der Waals surface area contributed by atoms with Gasteiger partial charge in [-0.05, 0) is 25.0 Å². The molecule has 0 spiro atoms. The maximum Gasteiger partial charge on any atom is 0.332 e. The Morgan fingerprint density at radius 2 is 1.43 bits per heavy atom. The van der Waals surface area contributed by atoms with Crippen molar-refractivity contribution in [2.24, 2.45) is 0 Å². The molecule has 0 radical (unpaired) electrons. The second-order valence-corrected chi connectivity index (χ2v) is 7.72. The number of tetrazole rings is 1. The average Bonchev–Trinajstić information content (AvgIpc) is 3.15. The Morgan fingerprint density at radius 1 is 0.857 bits per heavy atom. The molecular weight excluding hydrogens is 352 g/mol. The van der Waals surface area contributed by atoms with E-state index in [4.69, 9.17) is 4.74 Å². The highest BCUT2D eigenvalue weighted by Crippen LogP contribution is 2.17. The Balaban J connectivity index is 2.28. The van der Waals surface area contributed by atoms with Crippen molar-refractivity contribution < 1.29 is 9.53 Å². The van der Waals surface area contributed by atoms with E-state index < -0.39 is 6.04 Å². The lowest BCUT2D eigenvalue weighted by molar-refractivity contribution is -0.148. The summed E-state index contributed by atoms with van der Waals surface area (Å²) in [6.07, 6.45) is 17.8. The predicted octanol–water partition coefficient (Wildman–Crippen LogP) is 5.82. The van der Waals surface area contributed by atoms with Crippen LogP contribution >= 0.6 is 0 Å². The topological polar surface area (TPSA) is 69.9 Å². The van der Waals surface area contributed by atoms with E-state index in [0.717, 1.165) is 37.9 Å². The molecule has 1 unspecified atom stereocenters. The number of hydrogen-bond donors (Lipinski definition) is 0. The number of rotatable bonds is 18. The van der Waals surface area contributed by atoms with Crippen LogP contribution < -0.4 is 0 Å². The van der Waals surface area contributed by atoms with Crippen LogP contribution in [0.4, 0.5) is 0 Å². The monoisotopic (exact) mass is 394 g/mol.